The van der Waals surface area contributed by atoms with Gasteiger partial charge in [0.1, 0.15) is 0 Å². The van der Waals surface area contributed by atoms with Gasteiger partial charge in [0.05, 0.1) is 0 Å². The molecule has 314 valence electrons. The molecule has 0 saturated heterocycles. The van der Waals surface area contributed by atoms with Crippen LogP contribution >= 0.6 is 0 Å². The third kappa shape index (κ3) is 9.39. The maximum Gasteiger partial charge on any atom is 0.328 e. The SMILES string of the molecule is CC(C)c1ccccc1N(C)C(=O)N(C)c1cccc(N(C)C(=O)N(C)c2cccc(N(C)C(=O)N(C)c3cccc(N(C)C(=O)N(C)c4ccccc4C(C)C)c3)c2)c1. The second-order valence-electron chi connectivity index (χ2n) is 15.6. The number of anilines is 8. The molecule has 0 aliphatic carbocycles. The molecule has 5 aromatic carbocycles. The first-order chi connectivity index (χ1) is 28.4. The number of nitrogens with zero attached hydrogens (tertiary/aromatic N) is 8. The van der Waals surface area contributed by atoms with Crippen molar-refractivity contribution in [1.29, 1.82) is 0 Å². The average molecular weight is 811 g/mol. The molecule has 12 heteroatoms. The minimum Gasteiger partial charge on any atom is -0.297 e. The van der Waals surface area contributed by atoms with E-state index in [0.29, 0.717) is 34.1 Å². The van der Waals surface area contributed by atoms with Gasteiger partial charge < -0.3 is 0 Å². The monoisotopic (exact) mass is 810 g/mol. The maximum absolute atomic E-state index is 13.9. The Kier molecular flexibility index (Phi) is 13.9. The number of carbonyl (C=O) groups excluding carboxylic acids is 4. The van der Waals surface area contributed by atoms with Gasteiger partial charge in [0.2, 0.25) is 0 Å². The number of para-hydroxylation sites is 2. The lowest BCUT2D eigenvalue weighted by molar-refractivity contribution is 0.253. The van der Waals surface area contributed by atoms with Crippen LogP contribution in [0.3, 0.4) is 0 Å². The highest BCUT2D eigenvalue weighted by Crippen LogP contribution is 2.32. The van der Waals surface area contributed by atoms with Gasteiger partial charge in [-0.25, -0.2) is 19.2 Å². The van der Waals surface area contributed by atoms with Gasteiger partial charge in [-0.15, -0.1) is 0 Å². The molecular formula is C48H58N8O4. The quantitative estimate of drug-likeness (QED) is 0.140. The van der Waals surface area contributed by atoms with Crippen LogP contribution in [-0.4, -0.2) is 80.5 Å². The van der Waals surface area contributed by atoms with Crippen molar-refractivity contribution >= 4 is 69.6 Å². The third-order valence-corrected chi connectivity index (χ3v) is 10.9. The number of urea groups is 4. The Bertz CT molecular complexity index is 2190. The normalized spacial score (nSPS) is 10.9. The Labute approximate surface area is 355 Å². The van der Waals surface area contributed by atoms with Gasteiger partial charge >= 0.3 is 24.1 Å². The Morgan fingerprint density at radius 2 is 0.533 bits per heavy atom. The van der Waals surface area contributed by atoms with E-state index in [0.717, 1.165) is 22.5 Å². The molecule has 0 bridgehead atoms. The van der Waals surface area contributed by atoms with E-state index >= 15 is 0 Å². The first-order valence-corrected chi connectivity index (χ1v) is 20.0. The molecule has 0 radical (unpaired) electrons. The zero-order valence-electron chi connectivity index (χ0n) is 36.9. The molecule has 5 rings (SSSR count). The highest BCUT2D eigenvalue weighted by molar-refractivity contribution is 6.08. The van der Waals surface area contributed by atoms with Crippen molar-refractivity contribution in [3.63, 3.8) is 0 Å². The van der Waals surface area contributed by atoms with Gasteiger partial charge in [-0.1, -0.05) is 82.3 Å². The molecule has 5 aromatic rings. The summed E-state index contributed by atoms with van der Waals surface area (Å²) in [6.07, 6.45) is 0. The van der Waals surface area contributed by atoms with E-state index in [4.69, 9.17) is 0 Å². The lowest BCUT2D eigenvalue weighted by Gasteiger charge is -2.30. The molecule has 0 aliphatic heterocycles. The maximum atomic E-state index is 13.9. The summed E-state index contributed by atoms with van der Waals surface area (Å²) in [6, 6.07) is 36.4. The zero-order valence-corrected chi connectivity index (χ0v) is 36.9. The Morgan fingerprint density at radius 1 is 0.317 bits per heavy atom. The van der Waals surface area contributed by atoms with Crippen LogP contribution in [0.5, 0.6) is 0 Å². The van der Waals surface area contributed by atoms with Crippen molar-refractivity contribution < 1.29 is 19.2 Å². The smallest absolute Gasteiger partial charge is 0.297 e. The lowest BCUT2D eigenvalue weighted by Crippen LogP contribution is -2.41. The predicted octanol–water partition coefficient (Wildman–Crippen LogP) is 10.7. The number of amides is 8. The first kappa shape index (κ1) is 44.3. The molecule has 0 fully saturated rings. The molecule has 0 aliphatic rings. The predicted molar refractivity (Wildman–Crippen MR) is 249 cm³/mol. The van der Waals surface area contributed by atoms with Crippen LogP contribution in [0.4, 0.5) is 64.7 Å². The number of benzene rings is 5. The molecule has 0 saturated carbocycles. The molecule has 0 atom stereocenters. The zero-order chi connectivity index (χ0) is 44.0. The van der Waals surface area contributed by atoms with Crippen molar-refractivity contribution in [1.82, 2.24) is 0 Å². The Morgan fingerprint density at radius 3 is 0.767 bits per heavy atom. The topological polar surface area (TPSA) is 94.2 Å². The Balaban J connectivity index is 1.27. The van der Waals surface area contributed by atoms with Crippen LogP contribution in [0.1, 0.15) is 50.7 Å². The van der Waals surface area contributed by atoms with Crippen molar-refractivity contribution in [2.75, 3.05) is 95.6 Å². The molecular weight excluding hydrogens is 753 g/mol. The largest absolute Gasteiger partial charge is 0.328 e. The van der Waals surface area contributed by atoms with Crippen LogP contribution in [0.25, 0.3) is 0 Å². The first-order valence-electron chi connectivity index (χ1n) is 20.0. The molecule has 0 spiro atoms. The molecule has 0 unspecified atom stereocenters. The van der Waals surface area contributed by atoms with Crippen LogP contribution < -0.4 is 39.2 Å². The number of carbonyl (C=O) groups is 4. The van der Waals surface area contributed by atoms with Crippen LogP contribution in [0.15, 0.2) is 121 Å². The van der Waals surface area contributed by atoms with E-state index in [1.54, 1.807) is 112 Å². The highest BCUT2D eigenvalue weighted by atomic mass is 16.2. The van der Waals surface area contributed by atoms with Gasteiger partial charge in [0.25, 0.3) is 0 Å². The van der Waals surface area contributed by atoms with Crippen molar-refractivity contribution in [3.8, 4) is 0 Å². The van der Waals surface area contributed by atoms with Crippen LogP contribution in [0.2, 0.25) is 0 Å². The molecule has 0 N–H and O–H groups in total. The summed E-state index contributed by atoms with van der Waals surface area (Å²) in [5.74, 6) is 0.484. The summed E-state index contributed by atoms with van der Waals surface area (Å²) in [7, 11) is 13.7. The summed E-state index contributed by atoms with van der Waals surface area (Å²) >= 11 is 0. The van der Waals surface area contributed by atoms with Crippen molar-refractivity contribution in [2.45, 2.75) is 39.5 Å². The van der Waals surface area contributed by atoms with Crippen molar-refractivity contribution in [2.24, 2.45) is 0 Å². The highest BCUT2D eigenvalue weighted by Gasteiger charge is 2.25. The standard InChI is InChI=1S/C48H58N8O4/c1-33(2)41-26-13-15-28-43(41)55(11)47(59)53(9)39-24-18-22-37(31-39)51(7)45(57)49(5)35-20-17-21-36(30-35)50(6)46(58)52(8)38-23-19-25-40(32-38)54(10)48(60)56(12)44-29-16-14-27-42(44)34(3)4/h13-34H,1-12H3. The fraction of sp³-hybridized carbons (Fsp3) is 0.292. The summed E-state index contributed by atoms with van der Waals surface area (Å²) < 4.78 is 0. The second-order valence-corrected chi connectivity index (χ2v) is 15.6. The van der Waals surface area contributed by atoms with Gasteiger partial charge in [-0.3, -0.25) is 39.2 Å². The van der Waals surface area contributed by atoms with Crippen molar-refractivity contribution in [3.05, 3.63) is 132 Å². The van der Waals surface area contributed by atoms with E-state index in [2.05, 4.69) is 27.7 Å². The second kappa shape index (κ2) is 18.8. The van der Waals surface area contributed by atoms with Gasteiger partial charge in [0.15, 0.2) is 0 Å². The van der Waals surface area contributed by atoms with E-state index in [1.165, 1.54) is 19.6 Å². The number of rotatable bonds is 10. The minimum atomic E-state index is -0.318. The summed E-state index contributed by atoms with van der Waals surface area (Å²) in [5.41, 5.74) is 7.44. The summed E-state index contributed by atoms with van der Waals surface area (Å²) in [4.78, 5) is 67.6. The molecule has 12 nitrogen and oxygen atoms in total. The van der Waals surface area contributed by atoms with Gasteiger partial charge in [0, 0.05) is 102 Å². The number of hydrogen-bond donors (Lipinski definition) is 0. The van der Waals surface area contributed by atoms with Crippen LogP contribution in [-0.2, 0) is 0 Å². The lowest BCUT2D eigenvalue weighted by atomic mass is 10.0. The average Bonchev–Trinajstić information content (AvgIpc) is 3.28. The van der Waals surface area contributed by atoms with Gasteiger partial charge in [-0.05, 0) is 89.7 Å². The Hall–Kier alpha value is -6.82. The van der Waals surface area contributed by atoms with E-state index < -0.39 is 0 Å². The fourth-order valence-electron chi connectivity index (χ4n) is 7.06. The fourth-order valence-corrected chi connectivity index (χ4v) is 7.06. The van der Waals surface area contributed by atoms with E-state index in [9.17, 15) is 19.2 Å². The molecule has 60 heavy (non-hydrogen) atoms. The molecule has 8 amide bonds. The summed E-state index contributed by atoms with van der Waals surface area (Å²) in [5, 5.41) is 0. The summed E-state index contributed by atoms with van der Waals surface area (Å²) in [6.45, 7) is 8.40. The third-order valence-electron chi connectivity index (χ3n) is 10.9. The molecule has 0 aromatic heterocycles. The number of hydrogen-bond acceptors (Lipinski definition) is 4. The van der Waals surface area contributed by atoms with E-state index in [1.807, 2.05) is 84.9 Å². The van der Waals surface area contributed by atoms with E-state index in [-0.39, 0.29) is 36.0 Å². The van der Waals surface area contributed by atoms with Crippen LogP contribution in [0, 0.1) is 0 Å². The van der Waals surface area contributed by atoms with Gasteiger partial charge in [-0.2, -0.15) is 0 Å². The minimum absolute atomic E-state index is 0.213. The molecule has 0 heterocycles.